The Hall–Kier alpha value is -2.65. The second-order valence-electron chi connectivity index (χ2n) is 3.95. The molecule has 0 bridgehead atoms. The molecular formula is C14H13FN4O. The normalized spacial score (nSPS) is 9.70. The number of carbonyl (C=O) groups is 1. The number of hydrogen-bond acceptors (Lipinski definition) is 3. The molecule has 5 nitrogen and oxygen atoms in total. The molecule has 0 aliphatic carbocycles. The first kappa shape index (κ1) is 13.8. The fraction of sp³-hybridized carbons (Fsp3) is 0.143. The average Bonchev–Trinajstić information content (AvgIpc) is 2.92. The molecule has 3 N–H and O–H groups in total. The second-order valence-corrected chi connectivity index (χ2v) is 3.95. The van der Waals surface area contributed by atoms with Crippen molar-refractivity contribution in [1.29, 1.82) is 0 Å². The van der Waals surface area contributed by atoms with Gasteiger partial charge in [-0.3, -0.25) is 9.48 Å². The molecule has 0 saturated carbocycles. The molecule has 0 atom stereocenters. The van der Waals surface area contributed by atoms with Crippen LogP contribution in [0.15, 0.2) is 36.7 Å². The Bertz CT molecular complexity index is 656. The Labute approximate surface area is 115 Å². The van der Waals surface area contributed by atoms with Crippen molar-refractivity contribution in [1.82, 2.24) is 9.78 Å². The Kier molecular flexibility index (Phi) is 4.47. The molecule has 1 aromatic heterocycles. The number of amides is 1. The monoisotopic (exact) mass is 272 g/mol. The van der Waals surface area contributed by atoms with E-state index in [1.165, 1.54) is 16.8 Å². The summed E-state index contributed by atoms with van der Waals surface area (Å²) in [4.78, 5) is 11.7. The summed E-state index contributed by atoms with van der Waals surface area (Å²) in [5.41, 5.74) is 5.87. The summed E-state index contributed by atoms with van der Waals surface area (Å²) < 4.78 is 15.2. The van der Waals surface area contributed by atoms with Gasteiger partial charge in [0, 0.05) is 18.0 Å². The average molecular weight is 272 g/mol. The largest absolute Gasteiger partial charge is 0.322 e. The highest BCUT2D eigenvalue weighted by Gasteiger charge is 2.08. The van der Waals surface area contributed by atoms with Crippen molar-refractivity contribution in [2.45, 2.75) is 6.54 Å². The number of benzene rings is 1. The van der Waals surface area contributed by atoms with Gasteiger partial charge in [-0.25, -0.2) is 4.39 Å². The lowest BCUT2D eigenvalue weighted by atomic mass is 10.2. The van der Waals surface area contributed by atoms with Crippen LogP contribution >= 0.6 is 0 Å². The fourth-order valence-electron chi connectivity index (χ4n) is 1.58. The highest BCUT2D eigenvalue weighted by atomic mass is 19.1. The molecule has 0 fully saturated rings. The van der Waals surface area contributed by atoms with Gasteiger partial charge in [0.1, 0.15) is 12.4 Å². The van der Waals surface area contributed by atoms with Gasteiger partial charge in [0.05, 0.1) is 12.2 Å². The van der Waals surface area contributed by atoms with Gasteiger partial charge in [0.15, 0.2) is 0 Å². The lowest BCUT2D eigenvalue weighted by Gasteiger charge is -2.06. The van der Waals surface area contributed by atoms with Crippen molar-refractivity contribution in [3.05, 3.63) is 48.0 Å². The van der Waals surface area contributed by atoms with Gasteiger partial charge < -0.3 is 11.1 Å². The molecule has 0 spiro atoms. The van der Waals surface area contributed by atoms with E-state index in [0.717, 1.165) is 0 Å². The van der Waals surface area contributed by atoms with Gasteiger partial charge in [-0.2, -0.15) is 5.10 Å². The van der Waals surface area contributed by atoms with E-state index < -0.39 is 5.82 Å². The number of halogens is 1. The highest BCUT2D eigenvalue weighted by molar-refractivity contribution is 5.90. The topological polar surface area (TPSA) is 72.9 Å². The van der Waals surface area contributed by atoms with Crippen LogP contribution in [0.2, 0.25) is 0 Å². The standard InChI is InChI=1S/C14H13FN4O/c15-12-9-11(3-1-6-16)4-5-13(12)18-14(20)10-19-8-2-7-17-19/h2,4-5,7-9H,6,10,16H2,(H,18,20). The summed E-state index contributed by atoms with van der Waals surface area (Å²) in [5.74, 6) is 4.46. The number of aromatic nitrogens is 2. The summed E-state index contributed by atoms with van der Waals surface area (Å²) in [6, 6.07) is 6.05. The summed E-state index contributed by atoms with van der Waals surface area (Å²) in [7, 11) is 0. The third kappa shape index (κ3) is 3.67. The SMILES string of the molecule is NCC#Cc1ccc(NC(=O)Cn2cccn2)c(F)c1. The van der Waals surface area contributed by atoms with Crippen LogP contribution in [0.5, 0.6) is 0 Å². The molecule has 0 aliphatic rings. The number of carbonyl (C=O) groups excluding carboxylic acids is 1. The molecule has 6 heteroatoms. The molecule has 0 aliphatic heterocycles. The lowest BCUT2D eigenvalue weighted by Crippen LogP contribution is -2.19. The molecule has 0 unspecified atom stereocenters. The number of nitrogens with zero attached hydrogens (tertiary/aromatic N) is 2. The molecule has 2 rings (SSSR count). The summed E-state index contributed by atoms with van der Waals surface area (Å²) in [5, 5.41) is 6.38. The third-order valence-electron chi connectivity index (χ3n) is 2.44. The molecular weight excluding hydrogens is 259 g/mol. The Balaban J connectivity index is 2.04. The zero-order valence-corrected chi connectivity index (χ0v) is 10.6. The van der Waals surface area contributed by atoms with Crippen LogP contribution in [0.1, 0.15) is 5.56 Å². The smallest absolute Gasteiger partial charge is 0.246 e. The van der Waals surface area contributed by atoms with Gasteiger partial charge >= 0.3 is 0 Å². The van der Waals surface area contributed by atoms with Crippen molar-refractivity contribution in [3.8, 4) is 11.8 Å². The maximum atomic E-state index is 13.8. The lowest BCUT2D eigenvalue weighted by molar-refractivity contribution is -0.116. The minimum atomic E-state index is -0.539. The van der Waals surface area contributed by atoms with E-state index in [0.29, 0.717) is 5.56 Å². The number of nitrogens with two attached hydrogens (primary N) is 1. The van der Waals surface area contributed by atoms with E-state index >= 15 is 0 Å². The van der Waals surface area contributed by atoms with Gasteiger partial charge in [0.25, 0.3) is 0 Å². The Morgan fingerprint density at radius 1 is 1.50 bits per heavy atom. The van der Waals surface area contributed by atoms with E-state index in [1.807, 2.05) is 0 Å². The van der Waals surface area contributed by atoms with E-state index in [2.05, 4.69) is 22.3 Å². The van der Waals surface area contributed by atoms with E-state index in [1.54, 1.807) is 24.5 Å². The molecule has 102 valence electrons. The first-order valence-electron chi connectivity index (χ1n) is 5.95. The van der Waals surface area contributed by atoms with Crippen LogP contribution in [0.3, 0.4) is 0 Å². The van der Waals surface area contributed by atoms with Crippen LogP contribution in [0.25, 0.3) is 0 Å². The minimum absolute atomic E-state index is 0.0289. The van der Waals surface area contributed by atoms with E-state index in [-0.39, 0.29) is 24.7 Å². The molecule has 0 radical (unpaired) electrons. The van der Waals surface area contributed by atoms with Crippen molar-refractivity contribution < 1.29 is 9.18 Å². The number of hydrogen-bond donors (Lipinski definition) is 2. The Morgan fingerprint density at radius 2 is 2.35 bits per heavy atom. The number of anilines is 1. The van der Waals surface area contributed by atoms with E-state index in [4.69, 9.17) is 5.73 Å². The molecule has 1 heterocycles. The summed E-state index contributed by atoms with van der Waals surface area (Å²) in [6.45, 7) is 0.241. The zero-order valence-electron chi connectivity index (χ0n) is 10.6. The first-order chi connectivity index (χ1) is 9.69. The zero-order chi connectivity index (χ0) is 14.4. The number of nitrogens with one attached hydrogen (secondary N) is 1. The van der Waals surface area contributed by atoms with Crippen molar-refractivity contribution in [2.75, 3.05) is 11.9 Å². The van der Waals surface area contributed by atoms with Crippen molar-refractivity contribution >= 4 is 11.6 Å². The Morgan fingerprint density at radius 3 is 3.00 bits per heavy atom. The van der Waals surface area contributed by atoms with Crippen molar-refractivity contribution in [2.24, 2.45) is 5.73 Å². The molecule has 1 aromatic carbocycles. The fourth-order valence-corrected chi connectivity index (χ4v) is 1.58. The minimum Gasteiger partial charge on any atom is -0.322 e. The summed E-state index contributed by atoms with van der Waals surface area (Å²) >= 11 is 0. The maximum absolute atomic E-state index is 13.8. The van der Waals surface area contributed by atoms with Gasteiger partial charge in [0.2, 0.25) is 5.91 Å². The maximum Gasteiger partial charge on any atom is 0.246 e. The van der Waals surface area contributed by atoms with Crippen molar-refractivity contribution in [3.63, 3.8) is 0 Å². The van der Waals surface area contributed by atoms with Crippen LogP contribution in [0.4, 0.5) is 10.1 Å². The highest BCUT2D eigenvalue weighted by Crippen LogP contribution is 2.15. The van der Waals surface area contributed by atoms with Gasteiger partial charge in [-0.1, -0.05) is 11.8 Å². The molecule has 0 saturated heterocycles. The summed E-state index contributed by atoms with van der Waals surface area (Å²) in [6.07, 6.45) is 3.22. The van der Waals surface area contributed by atoms with E-state index in [9.17, 15) is 9.18 Å². The first-order valence-corrected chi connectivity index (χ1v) is 5.95. The third-order valence-corrected chi connectivity index (χ3v) is 2.44. The van der Waals surface area contributed by atoms with Crippen LogP contribution in [0, 0.1) is 17.7 Å². The predicted molar refractivity (Wildman–Crippen MR) is 73.2 cm³/mol. The molecule has 20 heavy (non-hydrogen) atoms. The van der Waals surface area contributed by atoms with Crippen LogP contribution in [-0.4, -0.2) is 22.2 Å². The molecule has 1 amide bonds. The van der Waals surface area contributed by atoms with Crippen LogP contribution in [-0.2, 0) is 11.3 Å². The quantitative estimate of drug-likeness (QED) is 0.818. The molecule has 2 aromatic rings. The number of rotatable bonds is 3. The van der Waals surface area contributed by atoms with Crippen LogP contribution < -0.4 is 11.1 Å². The van der Waals surface area contributed by atoms with Gasteiger partial charge in [-0.15, -0.1) is 0 Å². The predicted octanol–water partition coefficient (Wildman–Crippen LogP) is 0.971. The second kappa shape index (κ2) is 6.50. The van der Waals surface area contributed by atoms with Gasteiger partial charge in [-0.05, 0) is 24.3 Å².